The van der Waals surface area contributed by atoms with Crippen LogP contribution in [0.5, 0.6) is 0 Å². The highest BCUT2D eigenvalue weighted by Crippen LogP contribution is 2.00. The van der Waals surface area contributed by atoms with Crippen LogP contribution >= 0.6 is 0 Å². The molecule has 14 heavy (non-hydrogen) atoms. The summed E-state index contributed by atoms with van der Waals surface area (Å²) in [6, 6.07) is 1.94. The predicted octanol–water partition coefficient (Wildman–Crippen LogP) is 1.53. The minimum Gasteiger partial charge on any atom is -0.472 e. The van der Waals surface area contributed by atoms with E-state index >= 15 is 0 Å². The Bertz CT molecular complexity index is 272. The molecule has 0 amide bonds. The molecule has 3 nitrogen and oxygen atoms in total. The lowest BCUT2D eigenvalue weighted by Crippen LogP contribution is -2.20. The number of furan rings is 1. The fourth-order valence-corrected chi connectivity index (χ4v) is 1.55. The van der Waals surface area contributed by atoms with Gasteiger partial charge in [-0.1, -0.05) is 6.92 Å². The first-order valence-corrected chi connectivity index (χ1v) is 6.36. The second kappa shape index (κ2) is 5.98. The molecule has 4 heteroatoms. The molecule has 1 N–H and O–H groups in total. The summed E-state index contributed by atoms with van der Waals surface area (Å²) in [4.78, 5) is 0. The number of hydrogen-bond donors (Lipinski definition) is 1. The smallest absolute Gasteiger partial charge is 0.0947 e. The molecule has 2 unspecified atom stereocenters. The van der Waals surface area contributed by atoms with E-state index in [1.54, 1.807) is 18.8 Å². The van der Waals surface area contributed by atoms with Gasteiger partial charge in [0.05, 0.1) is 12.5 Å². The summed E-state index contributed by atoms with van der Waals surface area (Å²) in [5.74, 6) is 0. The zero-order chi connectivity index (χ0) is 10.4. The molecule has 0 saturated heterocycles. The van der Waals surface area contributed by atoms with Gasteiger partial charge < -0.3 is 9.73 Å². The Kier molecular flexibility index (Phi) is 4.90. The zero-order valence-corrected chi connectivity index (χ0v) is 9.47. The van der Waals surface area contributed by atoms with Gasteiger partial charge in [-0.15, -0.1) is 0 Å². The molecule has 1 heterocycles. The van der Waals surface area contributed by atoms with Crippen LogP contribution < -0.4 is 5.32 Å². The van der Waals surface area contributed by atoms with Crippen LogP contribution in [0.15, 0.2) is 23.0 Å². The van der Waals surface area contributed by atoms with E-state index in [-0.39, 0.29) is 5.25 Å². The quantitative estimate of drug-likeness (QED) is 0.732. The van der Waals surface area contributed by atoms with E-state index in [4.69, 9.17) is 4.42 Å². The van der Waals surface area contributed by atoms with Crippen molar-refractivity contribution in [1.82, 2.24) is 5.32 Å². The Balaban J connectivity index is 2.08. The van der Waals surface area contributed by atoms with E-state index in [0.717, 1.165) is 25.1 Å². The Hall–Kier alpha value is -0.610. The average molecular weight is 215 g/mol. The van der Waals surface area contributed by atoms with Gasteiger partial charge in [0.1, 0.15) is 0 Å². The van der Waals surface area contributed by atoms with Crippen molar-refractivity contribution in [3.05, 3.63) is 24.2 Å². The van der Waals surface area contributed by atoms with Crippen molar-refractivity contribution in [3.63, 3.8) is 0 Å². The van der Waals surface area contributed by atoms with Gasteiger partial charge in [-0.3, -0.25) is 4.21 Å². The Morgan fingerprint density at radius 3 is 3.00 bits per heavy atom. The van der Waals surface area contributed by atoms with Crippen LogP contribution in [-0.4, -0.2) is 22.3 Å². The minimum absolute atomic E-state index is 0.270. The highest BCUT2D eigenvalue weighted by Gasteiger charge is 2.04. The molecule has 0 saturated carbocycles. The second-order valence-corrected chi connectivity index (χ2v) is 5.21. The van der Waals surface area contributed by atoms with Gasteiger partial charge in [0.25, 0.3) is 0 Å². The van der Waals surface area contributed by atoms with Crippen LogP contribution in [0, 0.1) is 0 Å². The normalized spacial score (nSPS) is 15.3. The van der Waals surface area contributed by atoms with E-state index in [1.807, 2.05) is 13.0 Å². The van der Waals surface area contributed by atoms with Gasteiger partial charge in [0.15, 0.2) is 0 Å². The molecule has 0 spiro atoms. The summed E-state index contributed by atoms with van der Waals surface area (Å²) in [6.45, 7) is 3.72. The molecule has 1 aromatic heterocycles. The molecule has 80 valence electrons. The van der Waals surface area contributed by atoms with Crippen LogP contribution in [0.2, 0.25) is 0 Å². The molecule has 0 fully saturated rings. The van der Waals surface area contributed by atoms with Crippen molar-refractivity contribution in [2.75, 3.05) is 12.8 Å². The fourth-order valence-electron chi connectivity index (χ4n) is 1.10. The van der Waals surface area contributed by atoms with E-state index < -0.39 is 10.8 Å². The molecule has 0 aliphatic carbocycles. The summed E-state index contributed by atoms with van der Waals surface area (Å²) in [6.07, 6.45) is 6.09. The third-order valence-electron chi connectivity index (χ3n) is 2.20. The van der Waals surface area contributed by atoms with Crippen LogP contribution in [-0.2, 0) is 17.3 Å². The Morgan fingerprint density at radius 2 is 2.43 bits per heavy atom. The molecule has 1 aromatic rings. The van der Waals surface area contributed by atoms with Gasteiger partial charge in [-0.05, 0) is 19.0 Å². The van der Waals surface area contributed by atoms with Crippen molar-refractivity contribution in [3.8, 4) is 0 Å². The van der Waals surface area contributed by atoms with Crippen molar-refractivity contribution in [2.24, 2.45) is 0 Å². The molecule has 2 atom stereocenters. The van der Waals surface area contributed by atoms with Crippen molar-refractivity contribution in [2.45, 2.75) is 25.1 Å². The molecule has 0 aliphatic rings. The summed E-state index contributed by atoms with van der Waals surface area (Å²) in [5.41, 5.74) is 1.15. The van der Waals surface area contributed by atoms with Crippen LogP contribution in [0.3, 0.4) is 0 Å². The highest BCUT2D eigenvalue weighted by molar-refractivity contribution is 7.84. The fraction of sp³-hybridized carbons (Fsp3) is 0.600. The minimum atomic E-state index is -0.709. The summed E-state index contributed by atoms with van der Waals surface area (Å²) >= 11 is 0. The Labute approximate surface area is 87.3 Å². The zero-order valence-electron chi connectivity index (χ0n) is 8.66. The van der Waals surface area contributed by atoms with Crippen molar-refractivity contribution < 1.29 is 8.63 Å². The summed E-state index contributed by atoms with van der Waals surface area (Å²) in [5, 5.41) is 3.55. The van der Waals surface area contributed by atoms with E-state index in [9.17, 15) is 4.21 Å². The third kappa shape index (κ3) is 4.07. The maximum atomic E-state index is 11.0. The lowest BCUT2D eigenvalue weighted by molar-refractivity contribution is 0.559. The first-order chi connectivity index (χ1) is 6.70. The highest BCUT2D eigenvalue weighted by atomic mass is 32.2. The largest absolute Gasteiger partial charge is 0.472 e. The molecular weight excluding hydrogens is 198 g/mol. The van der Waals surface area contributed by atoms with E-state index in [1.165, 1.54) is 0 Å². The van der Waals surface area contributed by atoms with Gasteiger partial charge in [-0.25, -0.2) is 0 Å². The van der Waals surface area contributed by atoms with Crippen molar-refractivity contribution >= 4 is 10.8 Å². The molecule has 0 bridgehead atoms. The first-order valence-electron chi connectivity index (χ1n) is 4.74. The number of hydrogen-bond acceptors (Lipinski definition) is 3. The average Bonchev–Trinajstić information content (AvgIpc) is 2.64. The first kappa shape index (κ1) is 11.5. The standard InChI is InChI=1S/C10H17NO2S/c1-9(14(2)12)3-5-11-7-10-4-6-13-8-10/h4,6,8-9,11H,3,5,7H2,1-2H3. The van der Waals surface area contributed by atoms with Crippen LogP contribution in [0.1, 0.15) is 18.9 Å². The van der Waals surface area contributed by atoms with E-state index in [2.05, 4.69) is 5.32 Å². The lowest BCUT2D eigenvalue weighted by Gasteiger charge is -2.08. The molecular formula is C10H17NO2S. The molecule has 0 radical (unpaired) electrons. The van der Waals surface area contributed by atoms with Crippen LogP contribution in [0.25, 0.3) is 0 Å². The lowest BCUT2D eigenvalue weighted by atomic mass is 10.3. The van der Waals surface area contributed by atoms with Crippen molar-refractivity contribution in [1.29, 1.82) is 0 Å². The summed E-state index contributed by atoms with van der Waals surface area (Å²) in [7, 11) is -0.709. The second-order valence-electron chi connectivity index (χ2n) is 3.41. The SMILES string of the molecule is CC(CCNCc1ccoc1)S(C)=O. The molecule has 0 aromatic carbocycles. The third-order valence-corrected chi connectivity index (χ3v) is 3.57. The van der Waals surface area contributed by atoms with Gasteiger partial charge in [0.2, 0.25) is 0 Å². The number of rotatable bonds is 6. The Morgan fingerprint density at radius 1 is 1.64 bits per heavy atom. The molecule has 1 rings (SSSR count). The van der Waals surface area contributed by atoms with Gasteiger partial charge in [0, 0.05) is 34.4 Å². The predicted molar refractivity (Wildman–Crippen MR) is 58.6 cm³/mol. The van der Waals surface area contributed by atoms with Crippen LogP contribution in [0.4, 0.5) is 0 Å². The topological polar surface area (TPSA) is 42.2 Å². The monoisotopic (exact) mass is 215 g/mol. The maximum Gasteiger partial charge on any atom is 0.0947 e. The molecule has 0 aliphatic heterocycles. The maximum absolute atomic E-state index is 11.0. The van der Waals surface area contributed by atoms with Gasteiger partial charge in [-0.2, -0.15) is 0 Å². The number of nitrogens with one attached hydrogen (secondary N) is 1. The summed E-state index contributed by atoms with van der Waals surface area (Å²) < 4.78 is 16.0. The van der Waals surface area contributed by atoms with E-state index in [0.29, 0.717) is 0 Å². The van der Waals surface area contributed by atoms with Gasteiger partial charge >= 0.3 is 0 Å².